The Morgan fingerprint density at radius 1 is 1.35 bits per heavy atom. The number of para-hydroxylation sites is 1. The Hall–Kier alpha value is -1.07. The molecule has 0 bridgehead atoms. The highest BCUT2D eigenvalue weighted by Crippen LogP contribution is 2.36. The Bertz CT molecular complexity index is 542. The summed E-state index contributed by atoms with van der Waals surface area (Å²) in [4.78, 5) is 0. The van der Waals surface area contributed by atoms with Gasteiger partial charge in [0.15, 0.2) is 0 Å². The number of benzene rings is 1. The third-order valence-corrected chi connectivity index (χ3v) is 4.95. The maximum Gasteiger partial charge on any atom is 0.211 e. The van der Waals surface area contributed by atoms with Gasteiger partial charge in [0, 0.05) is 12.1 Å². The predicted octanol–water partition coefficient (Wildman–Crippen LogP) is 2.96. The minimum absolute atomic E-state index is 0.102. The summed E-state index contributed by atoms with van der Waals surface area (Å²) in [6.45, 7) is 3.30. The molecule has 0 fully saturated rings. The summed E-state index contributed by atoms with van der Waals surface area (Å²) in [6.07, 6.45) is 4.85. The highest BCUT2D eigenvalue weighted by molar-refractivity contribution is 7.88. The molecule has 1 unspecified atom stereocenters. The number of hydrogen-bond acceptors (Lipinski definition) is 3. The highest BCUT2D eigenvalue weighted by atomic mass is 32.2. The first-order chi connectivity index (χ1) is 9.54. The van der Waals surface area contributed by atoms with Crippen LogP contribution in [-0.2, 0) is 10.0 Å². The first-order valence-corrected chi connectivity index (χ1v) is 9.07. The van der Waals surface area contributed by atoms with E-state index in [4.69, 9.17) is 4.74 Å². The molecule has 1 aliphatic rings. The minimum Gasteiger partial charge on any atom is -0.493 e. The van der Waals surface area contributed by atoms with Gasteiger partial charge >= 0.3 is 0 Å². The van der Waals surface area contributed by atoms with Gasteiger partial charge in [-0.05, 0) is 25.3 Å². The second-order valence-corrected chi connectivity index (χ2v) is 7.21. The van der Waals surface area contributed by atoms with Crippen LogP contribution in [0.25, 0.3) is 0 Å². The van der Waals surface area contributed by atoms with E-state index in [-0.39, 0.29) is 6.04 Å². The van der Waals surface area contributed by atoms with Gasteiger partial charge in [0.1, 0.15) is 5.75 Å². The molecule has 5 heteroatoms. The number of rotatable bonds is 5. The number of hydrogen-bond donors (Lipinski definition) is 0. The Morgan fingerprint density at radius 3 is 2.80 bits per heavy atom. The van der Waals surface area contributed by atoms with Crippen LogP contribution in [0.5, 0.6) is 5.75 Å². The van der Waals surface area contributed by atoms with Crippen molar-refractivity contribution in [2.75, 3.05) is 19.4 Å². The fraction of sp³-hybridized carbons (Fsp3) is 0.600. The van der Waals surface area contributed by atoms with E-state index in [1.165, 1.54) is 6.26 Å². The predicted molar refractivity (Wildman–Crippen MR) is 80.4 cm³/mol. The zero-order valence-electron chi connectivity index (χ0n) is 12.2. The van der Waals surface area contributed by atoms with Crippen molar-refractivity contribution < 1.29 is 13.2 Å². The number of nitrogens with zero attached hydrogens (tertiary/aromatic N) is 1. The van der Waals surface area contributed by atoms with Gasteiger partial charge < -0.3 is 4.74 Å². The number of ether oxygens (including phenoxy) is 1. The highest BCUT2D eigenvalue weighted by Gasteiger charge is 2.30. The first kappa shape index (κ1) is 15.3. The minimum atomic E-state index is -3.22. The second-order valence-electron chi connectivity index (χ2n) is 5.27. The molecule has 0 amide bonds. The Morgan fingerprint density at radius 2 is 2.10 bits per heavy atom. The monoisotopic (exact) mass is 297 g/mol. The molecular formula is C15H23NO3S. The van der Waals surface area contributed by atoms with Crippen molar-refractivity contribution in [3.05, 3.63) is 29.8 Å². The van der Waals surface area contributed by atoms with E-state index >= 15 is 0 Å². The molecule has 0 radical (unpaired) electrons. The van der Waals surface area contributed by atoms with Crippen LogP contribution in [0.4, 0.5) is 0 Å². The molecule has 20 heavy (non-hydrogen) atoms. The van der Waals surface area contributed by atoms with Gasteiger partial charge in [-0.3, -0.25) is 0 Å². The van der Waals surface area contributed by atoms with Gasteiger partial charge in [-0.25, -0.2) is 8.42 Å². The van der Waals surface area contributed by atoms with Crippen molar-refractivity contribution in [1.82, 2.24) is 4.31 Å². The molecule has 1 aromatic carbocycles. The molecule has 0 aliphatic carbocycles. The van der Waals surface area contributed by atoms with Crippen molar-refractivity contribution in [3.63, 3.8) is 0 Å². The molecule has 1 aromatic rings. The Kier molecular flexibility index (Phi) is 5.05. The van der Waals surface area contributed by atoms with Crippen molar-refractivity contribution in [3.8, 4) is 5.75 Å². The van der Waals surface area contributed by atoms with Gasteiger partial charge in [-0.1, -0.05) is 31.5 Å². The maximum absolute atomic E-state index is 12.1. The number of fused-ring (bicyclic) bond motifs is 1. The van der Waals surface area contributed by atoms with E-state index in [9.17, 15) is 8.42 Å². The Balaban J connectivity index is 2.37. The standard InChI is InChI=1S/C15H23NO3S/c1-3-4-11-16(20(2,17)18)14-9-7-12-19-15-10-6-5-8-13(14)15/h5-6,8,10,14H,3-4,7,9,11-12H2,1-2H3. The van der Waals surface area contributed by atoms with Crippen LogP contribution >= 0.6 is 0 Å². The zero-order chi connectivity index (χ0) is 14.6. The van der Waals surface area contributed by atoms with Crippen LogP contribution in [-0.4, -0.2) is 32.1 Å². The van der Waals surface area contributed by atoms with Crippen LogP contribution in [0.2, 0.25) is 0 Å². The molecule has 0 spiro atoms. The van der Waals surface area contributed by atoms with Gasteiger partial charge in [-0.2, -0.15) is 4.31 Å². The molecule has 0 aromatic heterocycles. The smallest absolute Gasteiger partial charge is 0.211 e. The van der Waals surface area contributed by atoms with E-state index < -0.39 is 10.0 Å². The normalized spacial score (nSPS) is 19.2. The quantitative estimate of drug-likeness (QED) is 0.839. The van der Waals surface area contributed by atoms with Crippen LogP contribution in [0.3, 0.4) is 0 Å². The lowest BCUT2D eigenvalue weighted by molar-refractivity contribution is 0.293. The van der Waals surface area contributed by atoms with Gasteiger partial charge in [0.2, 0.25) is 10.0 Å². The average Bonchev–Trinajstić information content (AvgIpc) is 2.61. The van der Waals surface area contributed by atoms with Gasteiger partial charge in [0.25, 0.3) is 0 Å². The summed E-state index contributed by atoms with van der Waals surface area (Å²) in [6, 6.07) is 7.68. The first-order valence-electron chi connectivity index (χ1n) is 7.22. The molecule has 4 nitrogen and oxygen atoms in total. The van der Waals surface area contributed by atoms with Crippen molar-refractivity contribution >= 4 is 10.0 Å². The molecule has 0 saturated carbocycles. The number of sulfonamides is 1. The summed E-state index contributed by atoms with van der Waals surface area (Å²) in [5, 5.41) is 0. The lowest BCUT2D eigenvalue weighted by Crippen LogP contribution is -2.34. The Labute approximate surface area is 121 Å². The molecule has 0 saturated heterocycles. The second kappa shape index (κ2) is 6.59. The summed E-state index contributed by atoms with van der Waals surface area (Å²) in [7, 11) is -3.22. The largest absolute Gasteiger partial charge is 0.493 e. The molecule has 1 aliphatic heterocycles. The maximum atomic E-state index is 12.1. The number of unbranched alkanes of at least 4 members (excludes halogenated alkanes) is 1. The topological polar surface area (TPSA) is 46.6 Å². The van der Waals surface area contributed by atoms with E-state index in [2.05, 4.69) is 6.92 Å². The fourth-order valence-corrected chi connectivity index (χ4v) is 3.81. The van der Waals surface area contributed by atoms with Crippen molar-refractivity contribution in [1.29, 1.82) is 0 Å². The summed E-state index contributed by atoms with van der Waals surface area (Å²) in [5.74, 6) is 0.820. The van der Waals surface area contributed by atoms with E-state index in [0.717, 1.165) is 37.0 Å². The SMILES string of the molecule is CCCCN(C1CCCOc2ccccc21)S(C)(=O)=O. The fourth-order valence-electron chi connectivity index (χ4n) is 2.67. The zero-order valence-corrected chi connectivity index (χ0v) is 13.0. The van der Waals surface area contributed by atoms with Crippen LogP contribution in [0.1, 0.15) is 44.2 Å². The third-order valence-electron chi connectivity index (χ3n) is 3.66. The average molecular weight is 297 g/mol. The van der Waals surface area contributed by atoms with Crippen LogP contribution in [0.15, 0.2) is 24.3 Å². The van der Waals surface area contributed by atoms with Crippen molar-refractivity contribution in [2.24, 2.45) is 0 Å². The summed E-state index contributed by atoms with van der Waals surface area (Å²) in [5.41, 5.74) is 0.992. The summed E-state index contributed by atoms with van der Waals surface area (Å²) < 4.78 is 31.7. The lowest BCUT2D eigenvalue weighted by atomic mass is 10.0. The molecule has 0 N–H and O–H groups in total. The van der Waals surface area contributed by atoms with Crippen LogP contribution < -0.4 is 4.74 Å². The van der Waals surface area contributed by atoms with E-state index in [1.807, 2.05) is 24.3 Å². The van der Waals surface area contributed by atoms with Crippen LogP contribution in [0, 0.1) is 0 Å². The molecule has 1 heterocycles. The molecule has 112 valence electrons. The van der Waals surface area contributed by atoms with Gasteiger partial charge in [0.05, 0.1) is 18.9 Å². The molecular weight excluding hydrogens is 274 g/mol. The lowest BCUT2D eigenvalue weighted by Gasteiger charge is -2.29. The summed E-state index contributed by atoms with van der Waals surface area (Å²) >= 11 is 0. The van der Waals surface area contributed by atoms with Crippen molar-refractivity contribution in [2.45, 2.75) is 38.6 Å². The van der Waals surface area contributed by atoms with Gasteiger partial charge in [-0.15, -0.1) is 0 Å². The van der Waals surface area contributed by atoms with E-state index in [1.54, 1.807) is 4.31 Å². The molecule has 1 atom stereocenters. The third kappa shape index (κ3) is 3.52. The molecule has 2 rings (SSSR count). The van der Waals surface area contributed by atoms with E-state index in [0.29, 0.717) is 13.2 Å².